The molecule has 0 unspecified atom stereocenters. The largest absolute Gasteiger partial charge is 0.480 e. The summed E-state index contributed by atoms with van der Waals surface area (Å²) in [6.45, 7) is -0.606. The van der Waals surface area contributed by atoms with Crippen LogP contribution in [-0.2, 0) is 28.9 Å². The molecule has 0 spiro atoms. The van der Waals surface area contributed by atoms with E-state index in [1.807, 2.05) is 18.2 Å². The molecule has 1 aromatic carbocycles. The minimum absolute atomic E-state index is 0.136. The van der Waals surface area contributed by atoms with Crippen LogP contribution in [-0.4, -0.2) is 34.7 Å². The van der Waals surface area contributed by atoms with Crippen molar-refractivity contribution in [1.82, 2.24) is 5.32 Å². The second-order valence-corrected chi connectivity index (χ2v) is 4.77. The lowest BCUT2D eigenvalue weighted by Crippen LogP contribution is -2.43. The highest BCUT2D eigenvalue weighted by Crippen LogP contribution is 2.22. The summed E-state index contributed by atoms with van der Waals surface area (Å²) < 4.78 is 0. The van der Waals surface area contributed by atoms with Gasteiger partial charge < -0.3 is 15.5 Å². The average molecular weight is 263 g/mol. The quantitative estimate of drug-likeness (QED) is 0.712. The molecule has 1 aromatic rings. The van der Waals surface area contributed by atoms with Crippen LogP contribution in [0.25, 0.3) is 0 Å². The van der Waals surface area contributed by atoms with Crippen LogP contribution in [0.5, 0.6) is 0 Å². The number of carboxylic acids is 1. The number of fused-ring (bicyclic) bond motifs is 1. The van der Waals surface area contributed by atoms with Crippen molar-refractivity contribution < 1.29 is 19.8 Å². The van der Waals surface area contributed by atoms with E-state index in [1.54, 1.807) is 0 Å². The Morgan fingerprint density at radius 2 is 2.00 bits per heavy atom. The highest BCUT2D eigenvalue weighted by Gasteiger charge is 2.19. The smallest absolute Gasteiger partial charge is 0.328 e. The molecule has 1 aliphatic rings. The Balaban J connectivity index is 1.97. The molecule has 0 aliphatic heterocycles. The van der Waals surface area contributed by atoms with Crippen molar-refractivity contribution in [2.45, 2.75) is 31.7 Å². The molecule has 0 bridgehead atoms. The van der Waals surface area contributed by atoms with Gasteiger partial charge in [-0.2, -0.15) is 0 Å². The van der Waals surface area contributed by atoms with Crippen LogP contribution < -0.4 is 5.32 Å². The lowest BCUT2D eigenvalue weighted by molar-refractivity contribution is -0.142. The normalized spacial score (nSPS) is 14.8. The van der Waals surface area contributed by atoms with E-state index >= 15 is 0 Å². The van der Waals surface area contributed by atoms with E-state index in [4.69, 9.17) is 10.2 Å². The van der Waals surface area contributed by atoms with Gasteiger partial charge in [0, 0.05) is 0 Å². The summed E-state index contributed by atoms with van der Waals surface area (Å²) in [4.78, 5) is 22.4. The van der Waals surface area contributed by atoms with Crippen molar-refractivity contribution >= 4 is 11.9 Å². The third-order valence-electron chi connectivity index (χ3n) is 3.34. The number of aliphatic hydroxyl groups is 1. The number of aliphatic hydroxyl groups excluding tert-OH is 1. The molecule has 1 atom stereocenters. The Bertz CT molecular complexity index is 498. The molecular formula is C14H17NO4. The zero-order valence-electron chi connectivity index (χ0n) is 10.6. The first-order valence-electron chi connectivity index (χ1n) is 6.34. The zero-order valence-corrected chi connectivity index (χ0v) is 10.6. The Labute approximate surface area is 111 Å². The highest BCUT2D eigenvalue weighted by atomic mass is 16.4. The molecule has 3 N–H and O–H groups in total. The van der Waals surface area contributed by atoms with Gasteiger partial charge in [-0.1, -0.05) is 18.2 Å². The molecule has 5 heteroatoms. The number of amides is 1. The Kier molecular flexibility index (Phi) is 4.16. The SMILES string of the molecule is O=C(Cc1ccc2c(c1)CCC2)N[C@H](CO)C(=O)O. The Morgan fingerprint density at radius 3 is 2.68 bits per heavy atom. The lowest BCUT2D eigenvalue weighted by Gasteiger charge is -2.12. The molecule has 0 fully saturated rings. The fourth-order valence-electron chi connectivity index (χ4n) is 2.35. The monoisotopic (exact) mass is 263 g/mol. The van der Waals surface area contributed by atoms with Crippen molar-refractivity contribution in [3.63, 3.8) is 0 Å². The van der Waals surface area contributed by atoms with Gasteiger partial charge in [0.2, 0.25) is 5.91 Å². The van der Waals surface area contributed by atoms with Gasteiger partial charge in [0.05, 0.1) is 13.0 Å². The summed E-state index contributed by atoms with van der Waals surface area (Å²) in [5.41, 5.74) is 3.49. The third-order valence-corrected chi connectivity index (χ3v) is 3.34. The molecule has 0 aromatic heterocycles. The molecule has 0 saturated carbocycles. The average Bonchev–Trinajstić information content (AvgIpc) is 2.82. The number of aryl methyl sites for hydroxylation is 2. The minimum Gasteiger partial charge on any atom is -0.480 e. The summed E-state index contributed by atoms with van der Waals surface area (Å²) in [6.07, 6.45) is 3.42. The van der Waals surface area contributed by atoms with Crippen molar-refractivity contribution in [3.8, 4) is 0 Å². The molecular weight excluding hydrogens is 246 g/mol. The Morgan fingerprint density at radius 1 is 1.26 bits per heavy atom. The molecule has 2 rings (SSSR count). The van der Waals surface area contributed by atoms with Crippen LogP contribution in [0.1, 0.15) is 23.1 Å². The molecule has 1 aliphatic carbocycles. The van der Waals surface area contributed by atoms with Crippen molar-refractivity contribution in [3.05, 3.63) is 34.9 Å². The zero-order chi connectivity index (χ0) is 13.8. The fourth-order valence-corrected chi connectivity index (χ4v) is 2.35. The van der Waals surface area contributed by atoms with Crippen LogP contribution in [0.3, 0.4) is 0 Å². The maximum absolute atomic E-state index is 11.7. The number of carbonyl (C=O) groups excluding carboxylic acids is 1. The van der Waals surface area contributed by atoms with E-state index in [0.717, 1.165) is 24.8 Å². The fraction of sp³-hybridized carbons (Fsp3) is 0.429. The standard InChI is InChI=1S/C14H17NO4/c16-8-12(14(18)19)15-13(17)7-9-4-5-10-2-1-3-11(10)6-9/h4-6,12,16H,1-3,7-8H2,(H,15,17)(H,18,19)/t12-/m1/s1. The minimum atomic E-state index is -1.23. The maximum atomic E-state index is 11.7. The maximum Gasteiger partial charge on any atom is 0.328 e. The van der Waals surface area contributed by atoms with E-state index in [2.05, 4.69) is 5.32 Å². The number of carboxylic acid groups (broad SMARTS) is 1. The number of nitrogens with one attached hydrogen (secondary N) is 1. The van der Waals surface area contributed by atoms with Gasteiger partial charge in [0.25, 0.3) is 0 Å². The number of hydrogen-bond donors (Lipinski definition) is 3. The van der Waals surface area contributed by atoms with Crippen LogP contribution in [0.15, 0.2) is 18.2 Å². The summed E-state index contributed by atoms with van der Waals surface area (Å²) in [6, 6.07) is 4.71. The second kappa shape index (κ2) is 5.84. The number of hydrogen-bond acceptors (Lipinski definition) is 3. The molecule has 5 nitrogen and oxygen atoms in total. The molecule has 19 heavy (non-hydrogen) atoms. The summed E-state index contributed by atoms with van der Waals surface area (Å²) >= 11 is 0. The number of aliphatic carboxylic acids is 1. The number of carbonyl (C=O) groups is 2. The van der Waals surface area contributed by atoms with E-state index in [9.17, 15) is 9.59 Å². The van der Waals surface area contributed by atoms with Crippen molar-refractivity contribution in [2.24, 2.45) is 0 Å². The van der Waals surface area contributed by atoms with Crippen LogP contribution >= 0.6 is 0 Å². The summed E-state index contributed by atoms with van der Waals surface area (Å²) in [7, 11) is 0. The van der Waals surface area contributed by atoms with Crippen molar-refractivity contribution in [1.29, 1.82) is 0 Å². The first kappa shape index (κ1) is 13.5. The van der Waals surface area contributed by atoms with Gasteiger partial charge in [-0.3, -0.25) is 4.79 Å². The van der Waals surface area contributed by atoms with Crippen LogP contribution in [0.2, 0.25) is 0 Å². The van der Waals surface area contributed by atoms with Gasteiger partial charge in [0.1, 0.15) is 6.04 Å². The van der Waals surface area contributed by atoms with Gasteiger partial charge >= 0.3 is 5.97 Å². The van der Waals surface area contributed by atoms with E-state index < -0.39 is 18.6 Å². The van der Waals surface area contributed by atoms with Crippen LogP contribution in [0, 0.1) is 0 Å². The molecule has 1 amide bonds. The lowest BCUT2D eigenvalue weighted by atomic mass is 10.0. The molecule has 0 heterocycles. The third kappa shape index (κ3) is 3.32. The van der Waals surface area contributed by atoms with E-state index in [1.165, 1.54) is 11.1 Å². The topological polar surface area (TPSA) is 86.6 Å². The second-order valence-electron chi connectivity index (χ2n) is 4.77. The highest BCUT2D eigenvalue weighted by molar-refractivity contribution is 5.84. The van der Waals surface area contributed by atoms with Crippen LogP contribution in [0.4, 0.5) is 0 Å². The Hall–Kier alpha value is -1.88. The molecule has 0 radical (unpaired) electrons. The van der Waals surface area contributed by atoms with Gasteiger partial charge in [-0.25, -0.2) is 4.79 Å². The molecule has 102 valence electrons. The first-order chi connectivity index (χ1) is 9.10. The summed E-state index contributed by atoms with van der Waals surface area (Å²) in [5.74, 6) is -1.62. The number of benzene rings is 1. The molecule has 0 saturated heterocycles. The van der Waals surface area contributed by atoms with Gasteiger partial charge in [-0.15, -0.1) is 0 Å². The predicted octanol–water partition coefficient (Wildman–Crippen LogP) is 0.280. The predicted molar refractivity (Wildman–Crippen MR) is 68.8 cm³/mol. The first-order valence-corrected chi connectivity index (χ1v) is 6.34. The van der Waals surface area contributed by atoms with Crippen molar-refractivity contribution in [2.75, 3.05) is 6.61 Å². The van der Waals surface area contributed by atoms with Gasteiger partial charge in [0.15, 0.2) is 0 Å². The summed E-state index contributed by atoms with van der Waals surface area (Å²) in [5, 5.41) is 19.9. The number of rotatable bonds is 5. The van der Waals surface area contributed by atoms with E-state index in [-0.39, 0.29) is 12.3 Å². The van der Waals surface area contributed by atoms with E-state index in [0.29, 0.717) is 0 Å². The van der Waals surface area contributed by atoms with Gasteiger partial charge in [-0.05, 0) is 36.0 Å².